The Morgan fingerprint density at radius 3 is 1.33 bits per heavy atom. The molecule has 0 spiro atoms. The molecule has 106 valence electrons. The van der Waals surface area contributed by atoms with Crippen LogP contribution in [0, 0.1) is 10.8 Å². The van der Waals surface area contributed by atoms with Crippen molar-refractivity contribution in [2.24, 2.45) is 10.8 Å². The lowest BCUT2D eigenvalue weighted by molar-refractivity contribution is 0.189. The number of aliphatic hydroxyl groups is 2. The molecular weight excluding hydrogens is 345 g/mol. The van der Waals surface area contributed by atoms with Gasteiger partial charge in [0.25, 0.3) is 0 Å². The fraction of sp³-hybridized carbons (Fsp3) is 1.00. The molecule has 2 fully saturated rings. The van der Waals surface area contributed by atoms with Crippen molar-refractivity contribution in [3.8, 4) is 0 Å². The van der Waals surface area contributed by atoms with E-state index in [4.69, 9.17) is 0 Å². The third-order valence-corrected chi connectivity index (χ3v) is 11.6. The van der Waals surface area contributed by atoms with Crippen LogP contribution < -0.4 is 0 Å². The molecular formula is C10H18O2S6. The zero-order valence-electron chi connectivity index (χ0n) is 10.0. The van der Waals surface area contributed by atoms with Crippen LogP contribution in [0.2, 0.25) is 0 Å². The van der Waals surface area contributed by atoms with Crippen LogP contribution in [0.1, 0.15) is 0 Å². The molecule has 0 bridgehead atoms. The predicted molar refractivity (Wildman–Crippen MR) is 93.8 cm³/mol. The van der Waals surface area contributed by atoms with Crippen molar-refractivity contribution in [2.75, 3.05) is 47.7 Å². The normalized spacial score (nSPS) is 25.7. The van der Waals surface area contributed by atoms with E-state index in [2.05, 4.69) is 0 Å². The van der Waals surface area contributed by atoms with Crippen LogP contribution in [-0.4, -0.2) is 57.9 Å². The van der Waals surface area contributed by atoms with Crippen LogP contribution >= 0.6 is 64.8 Å². The number of hydrogen-bond acceptors (Lipinski definition) is 8. The summed E-state index contributed by atoms with van der Waals surface area (Å²) in [6, 6.07) is 0. The van der Waals surface area contributed by atoms with E-state index in [1.807, 2.05) is 64.8 Å². The summed E-state index contributed by atoms with van der Waals surface area (Å²) in [5.41, 5.74) is 0.247. The van der Waals surface area contributed by atoms with Gasteiger partial charge in [-0.2, -0.15) is 0 Å². The van der Waals surface area contributed by atoms with Crippen LogP contribution in [0.25, 0.3) is 0 Å². The van der Waals surface area contributed by atoms with Gasteiger partial charge >= 0.3 is 0 Å². The maximum absolute atomic E-state index is 9.53. The van der Waals surface area contributed by atoms with E-state index in [1.165, 1.54) is 0 Å². The summed E-state index contributed by atoms with van der Waals surface area (Å²) in [6.07, 6.45) is 0. The Hall–Kier alpha value is 2.02. The van der Waals surface area contributed by atoms with Gasteiger partial charge in [0.15, 0.2) is 0 Å². The van der Waals surface area contributed by atoms with Gasteiger partial charge in [-0.05, 0) is 0 Å². The van der Waals surface area contributed by atoms with Crippen LogP contribution in [-0.2, 0) is 0 Å². The first-order valence-corrected chi connectivity index (χ1v) is 13.2. The zero-order chi connectivity index (χ0) is 12.9. The minimum atomic E-state index is 0.124. The number of aliphatic hydroxyl groups excluding tert-OH is 2. The molecule has 2 saturated heterocycles. The zero-order valence-corrected chi connectivity index (χ0v) is 14.9. The van der Waals surface area contributed by atoms with Gasteiger partial charge in [-0.1, -0.05) is 64.8 Å². The van der Waals surface area contributed by atoms with Crippen molar-refractivity contribution < 1.29 is 10.2 Å². The van der Waals surface area contributed by atoms with Crippen molar-refractivity contribution in [2.45, 2.75) is 0 Å². The first-order chi connectivity index (χ1) is 8.74. The second-order valence-corrected chi connectivity index (χ2v) is 12.3. The third-order valence-electron chi connectivity index (χ3n) is 3.11. The monoisotopic (exact) mass is 362 g/mol. The Balaban J connectivity index is 1.69. The molecule has 18 heavy (non-hydrogen) atoms. The van der Waals surface area contributed by atoms with Gasteiger partial charge in [-0.25, -0.2) is 0 Å². The topological polar surface area (TPSA) is 40.5 Å². The Morgan fingerprint density at radius 2 is 1.06 bits per heavy atom. The molecule has 0 aromatic heterocycles. The smallest absolute Gasteiger partial charge is 0.0512 e. The minimum absolute atomic E-state index is 0.124. The molecule has 2 heterocycles. The highest BCUT2D eigenvalue weighted by Gasteiger charge is 2.37. The highest BCUT2D eigenvalue weighted by Crippen LogP contribution is 2.49. The lowest BCUT2D eigenvalue weighted by Gasteiger charge is -2.26. The fourth-order valence-electron chi connectivity index (χ4n) is 1.52. The average Bonchev–Trinajstić information content (AvgIpc) is 3.06. The molecule has 0 aromatic rings. The summed E-state index contributed by atoms with van der Waals surface area (Å²) < 4.78 is 0. The Morgan fingerprint density at radius 1 is 0.722 bits per heavy atom. The molecule has 2 aliphatic rings. The van der Waals surface area contributed by atoms with E-state index in [9.17, 15) is 10.2 Å². The molecule has 2 aliphatic heterocycles. The van der Waals surface area contributed by atoms with E-state index in [-0.39, 0.29) is 10.8 Å². The molecule has 8 heteroatoms. The highest BCUT2D eigenvalue weighted by molar-refractivity contribution is 8.78. The molecule has 0 radical (unpaired) electrons. The van der Waals surface area contributed by atoms with Gasteiger partial charge in [0, 0.05) is 45.3 Å². The van der Waals surface area contributed by atoms with Crippen molar-refractivity contribution >= 4 is 64.8 Å². The van der Waals surface area contributed by atoms with E-state index in [0.29, 0.717) is 13.2 Å². The summed E-state index contributed by atoms with van der Waals surface area (Å²) in [5, 5.41) is 19.1. The minimum Gasteiger partial charge on any atom is -0.396 e. The second kappa shape index (κ2) is 7.87. The van der Waals surface area contributed by atoms with Gasteiger partial charge in [-0.15, -0.1) is 0 Å². The molecule has 2 rings (SSSR count). The molecule has 0 saturated carbocycles. The Kier molecular flexibility index (Phi) is 7.16. The molecule has 0 amide bonds. The Labute approximate surface area is 133 Å². The van der Waals surface area contributed by atoms with Gasteiger partial charge in [-0.3, -0.25) is 0 Å². The summed E-state index contributed by atoms with van der Waals surface area (Å²) in [6.45, 7) is 0.606. The first kappa shape index (κ1) is 16.4. The molecule has 0 aromatic carbocycles. The van der Waals surface area contributed by atoms with E-state index in [0.717, 1.165) is 34.5 Å². The fourth-order valence-corrected chi connectivity index (χ4v) is 12.1. The molecule has 0 unspecified atom stereocenters. The second-order valence-electron chi connectivity index (χ2n) is 4.89. The van der Waals surface area contributed by atoms with Gasteiger partial charge in [0.1, 0.15) is 0 Å². The van der Waals surface area contributed by atoms with Crippen molar-refractivity contribution in [3.63, 3.8) is 0 Å². The highest BCUT2D eigenvalue weighted by atomic mass is 33.1. The summed E-state index contributed by atoms with van der Waals surface area (Å²) in [4.78, 5) is 0. The standard InChI is InChI=1S/C10H18O2S6/c11-1-9(3-13-14-4-9)7-17-18-8-10(2-12)5-15-16-6-10/h11-12H,1-8H2. The van der Waals surface area contributed by atoms with Gasteiger partial charge < -0.3 is 10.2 Å². The summed E-state index contributed by atoms with van der Waals surface area (Å²) in [7, 11) is 11.3. The van der Waals surface area contributed by atoms with Gasteiger partial charge in [0.05, 0.1) is 13.2 Å². The first-order valence-electron chi connectivity index (χ1n) is 5.69. The van der Waals surface area contributed by atoms with Crippen molar-refractivity contribution in [1.29, 1.82) is 0 Å². The van der Waals surface area contributed by atoms with E-state index < -0.39 is 0 Å². The van der Waals surface area contributed by atoms with E-state index in [1.54, 1.807) is 0 Å². The quantitative estimate of drug-likeness (QED) is 0.529. The van der Waals surface area contributed by atoms with Crippen molar-refractivity contribution in [1.82, 2.24) is 0 Å². The summed E-state index contributed by atoms with van der Waals surface area (Å²) in [5.74, 6) is 6.32. The van der Waals surface area contributed by atoms with Crippen LogP contribution in [0.5, 0.6) is 0 Å². The van der Waals surface area contributed by atoms with E-state index >= 15 is 0 Å². The average molecular weight is 363 g/mol. The molecule has 0 aliphatic carbocycles. The lowest BCUT2D eigenvalue weighted by Crippen LogP contribution is -2.31. The summed E-state index contributed by atoms with van der Waals surface area (Å²) >= 11 is 0. The van der Waals surface area contributed by atoms with Crippen LogP contribution in [0.4, 0.5) is 0 Å². The number of rotatable bonds is 7. The third kappa shape index (κ3) is 4.26. The van der Waals surface area contributed by atoms with Crippen LogP contribution in [0.15, 0.2) is 0 Å². The maximum atomic E-state index is 9.53. The lowest BCUT2D eigenvalue weighted by atomic mass is 9.97. The maximum Gasteiger partial charge on any atom is 0.0512 e. The predicted octanol–water partition coefficient (Wildman–Crippen LogP) is 3.12. The molecule has 2 nitrogen and oxygen atoms in total. The van der Waals surface area contributed by atoms with Crippen molar-refractivity contribution in [3.05, 3.63) is 0 Å². The SMILES string of the molecule is OCC1(CSSCC2(CO)CSSC2)CSSC1. The van der Waals surface area contributed by atoms with Crippen LogP contribution in [0.3, 0.4) is 0 Å². The number of hydrogen-bond donors (Lipinski definition) is 2. The molecule has 0 atom stereocenters. The largest absolute Gasteiger partial charge is 0.396 e. The van der Waals surface area contributed by atoms with Gasteiger partial charge in [0.2, 0.25) is 0 Å². The Bertz CT molecular complexity index is 227. The molecule has 2 N–H and O–H groups in total.